The van der Waals surface area contributed by atoms with E-state index in [1.54, 1.807) is 0 Å². The number of hydrogen-bond donors (Lipinski definition) is 1. The fourth-order valence-electron chi connectivity index (χ4n) is 3.30. The molecule has 0 fully saturated rings. The lowest BCUT2D eigenvalue weighted by molar-refractivity contribution is 0.620. The summed E-state index contributed by atoms with van der Waals surface area (Å²) in [5, 5.41) is 3.65. The highest BCUT2D eigenvalue weighted by Gasteiger charge is 2.14. The first-order valence-corrected chi connectivity index (χ1v) is 9.13. The number of aryl methyl sites for hydroxylation is 2. The van der Waals surface area contributed by atoms with Gasteiger partial charge in [-0.25, -0.2) is 4.98 Å². The van der Waals surface area contributed by atoms with Gasteiger partial charge >= 0.3 is 0 Å². The van der Waals surface area contributed by atoms with Gasteiger partial charge in [-0.3, -0.25) is 0 Å². The molecule has 3 nitrogen and oxygen atoms in total. The van der Waals surface area contributed by atoms with Crippen LogP contribution in [0.2, 0.25) is 0 Å². The lowest BCUT2D eigenvalue weighted by Gasteiger charge is -2.17. The van der Waals surface area contributed by atoms with Crippen LogP contribution in [0.3, 0.4) is 0 Å². The Morgan fingerprint density at radius 2 is 1.50 bits per heavy atom. The van der Waals surface area contributed by atoms with Gasteiger partial charge in [0.2, 0.25) is 5.89 Å². The Balaban J connectivity index is 1.80. The van der Waals surface area contributed by atoms with E-state index in [1.165, 1.54) is 16.8 Å². The van der Waals surface area contributed by atoms with Gasteiger partial charge in [0.15, 0.2) is 5.58 Å². The Labute approximate surface area is 153 Å². The van der Waals surface area contributed by atoms with Crippen LogP contribution in [0.25, 0.3) is 22.6 Å². The Morgan fingerprint density at radius 1 is 0.808 bits per heavy atom. The molecular weight excluding hydrogens is 320 g/mol. The summed E-state index contributed by atoms with van der Waals surface area (Å²) in [6.45, 7) is 4.37. The second-order valence-electron chi connectivity index (χ2n) is 6.32. The number of anilines is 2. The molecule has 0 atom stereocenters. The van der Waals surface area contributed by atoms with Crippen LogP contribution < -0.4 is 5.32 Å². The summed E-state index contributed by atoms with van der Waals surface area (Å²) in [7, 11) is 0. The molecule has 0 saturated carbocycles. The van der Waals surface area contributed by atoms with Crippen molar-refractivity contribution in [3.63, 3.8) is 0 Å². The van der Waals surface area contributed by atoms with Crippen LogP contribution in [0.15, 0.2) is 71.1 Å². The highest BCUT2D eigenvalue weighted by Crippen LogP contribution is 2.34. The highest BCUT2D eigenvalue weighted by molar-refractivity contribution is 5.83. The third-order valence-electron chi connectivity index (χ3n) is 4.71. The van der Waals surface area contributed by atoms with Crippen molar-refractivity contribution < 1.29 is 4.42 Å². The van der Waals surface area contributed by atoms with Crippen molar-refractivity contribution in [3.05, 3.63) is 77.9 Å². The van der Waals surface area contributed by atoms with E-state index in [0.29, 0.717) is 5.89 Å². The van der Waals surface area contributed by atoms with Crippen LogP contribution >= 0.6 is 0 Å². The molecule has 0 aliphatic rings. The monoisotopic (exact) mass is 342 g/mol. The van der Waals surface area contributed by atoms with Gasteiger partial charge in [0.1, 0.15) is 5.52 Å². The summed E-state index contributed by atoms with van der Waals surface area (Å²) < 4.78 is 5.99. The highest BCUT2D eigenvalue weighted by atomic mass is 16.3. The van der Waals surface area contributed by atoms with Gasteiger partial charge in [-0.2, -0.15) is 0 Å². The van der Waals surface area contributed by atoms with Crippen molar-refractivity contribution in [1.29, 1.82) is 0 Å². The maximum atomic E-state index is 5.99. The van der Waals surface area contributed by atoms with E-state index in [2.05, 4.69) is 48.4 Å². The fraction of sp³-hybridized carbons (Fsp3) is 0.174. The third-order valence-corrected chi connectivity index (χ3v) is 4.71. The van der Waals surface area contributed by atoms with Crippen LogP contribution in [0.4, 0.5) is 11.4 Å². The maximum Gasteiger partial charge on any atom is 0.229 e. The van der Waals surface area contributed by atoms with E-state index >= 15 is 0 Å². The van der Waals surface area contributed by atoms with E-state index in [1.807, 2.05) is 42.5 Å². The third kappa shape index (κ3) is 2.97. The van der Waals surface area contributed by atoms with Crippen LogP contribution in [0, 0.1) is 0 Å². The largest absolute Gasteiger partial charge is 0.436 e. The number of fused-ring (bicyclic) bond motifs is 1. The molecular formula is C23H22N2O. The Morgan fingerprint density at radius 3 is 2.23 bits per heavy atom. The van der Waals surface area contributed by atoms with Gasteiger partial charge in [-0.05, 0) is 48.2 Å². The van der Waals surface area contributed by atoms with Gasteiger partial charge in [0.05, 0.1) is 11.3 Å². The number of hydrogen-bond acceptors (Lipinski definition) is 3. The minimum atomic E-state index is 0.640. The van der Waals surface area contributed by atoms with Gasteiger partial charge in [0, 0.05) is 5.69 Å². The standard InChI is InChI=1S/C23H22N2O/c1-3-16-10-9-11-17(4-2)22(16)24-19-13-6-5-12-18(19)23-25-20-14-7-8-15-21(20)26-23/h5-15,24H,3-4H2,1-2H3. The second-order valence-corrected chi connectivity index (χ2v) is 6.32. The minimum absolute atomic E-state index is 0.640. The molecule has 130 valence electrons. The van der Waals surface area contributed by atoms with Crippen molar-refractivity contribution >= 4 is 22.5 Å². The van der Waals surface area contributed by atoms with Crippen molar-refractivity contribution in [2.75, 3.05) is 5.32 Å². The number of nitrogens with one attached hydrogen (secondary N) is 1. The molecule has 0 unspecified atom stereocenters. The lowest BCUT2D eigenvalue weighted by Crippen LogP contribution is -2.01. The summed E-state index contributed by atoms with van der Waals surface area (Å²) in [4.78, 5) is 4.66. The molecule has 3 heteroatoms. The predicted molar refractivity (Wildman–Crippen MR) is 108 cm³/mol. The first-order valence-electron chi connectivity index (χ1n) is 9.13. The van der Waals surface area contributed by atoms with Crippen molar-refractivity contribution in [2.45, 2.75) is 26.7 Å². The molecule has 26 heavy (non-hydrogen) atoms. The number of nitrogens with zero attached hydrogens (tertiary/aromatic N) is 1. The van der Waals surface area contributed by atoms with Crippen molar-refractivity contribution in [2.24, 2.45) is 0 Å². The number of rotatable bonds is 5. The molecule has 0 aliphatic carbocycles. The van der Waals surface area contributed by atoms with Crippen LogP contribution in [-0.4, -0.2) is 4.98 Å². The van der Waals surface area contributed by atoms with Gasteiger partial charge in [-0.1, -0.05) is 56.3 Å². The molecule has 0 aliphatic heterocycles. The molecule has 0 saturated heterocycles. The summed E-state index contributed by atoms with van der Waals surface area (Å²) in [5.41, 5.74) is 7.49. The van der Waals surface area contributed by atoms with Gasteiger partial charge < -0.3 is 9.73 Å². The lowest BCUT2D eigenvalue weighted by atomic mass is 10.0. The first kappa shape index (κ1) is 16.4. The molecule has 0 radical (unpaired) electrons. The second kappa shape index (κ2) is 7.04. The van der Waals surface area contributed by atoms with Gasteiger partial charge in [-0.15, -0.1) is 0 Å². The van der Waals surface area contributed by atoms with E-state index in [-0.39, 0.29) is 0 Å². The Kier molecular flexibility index (Phi) is 4.44. The molecule has 0 spiro atoms. The van der Waals surface area contributed by atoms with Crippen molar-refractivity contribution in [1.82, 2.24) is 4.98 Å². The van der Waals surface area contributed by atoms with Crippen LogP contribution in [0.5, 0.6) is 0 Å². The number of oxazole rings is 1. The summed E-state index contributed by atoms with van der Waals surface area (Å²) in [6, 6.07) is 22.5. The van der Waals surface area contributed by atoms with Gasteiger partial charge in [0.25, 0.3) is 0 Å². The van der Waals surface area contributed by atoms with Crippen molar-refractivity contribution in [3.8, 4) is 11.5 Å². The molecule has 1 N–H and O–H groups in total. The smallest absolute Gasteiger partial charge is 0.229 e. The number of para-hydroxylation sites is 4. The normalized spacial score (nSPS) is 11.0. The number of aromatic nitrogens is 1. The zero-order chi connectivity index (χ0) is 17.9. The van der Waals surface area contributed by atoms with Crippen LogP contribution in [-0.2, 0) is 12.8 Å². The SMILES string of the molecule is CCc1cccc(CC)c1Nc1ccccc1-c1nc2ccccc2o1. The molecule has 1 aromatic heterocycles. The quantitative estimate of drug-likeness (QED) is 0.458. The molecule has 3 aromatic carbocycles. The minimum Gasteiger partial charge on any atom is -0.436 e. The number of benzene rings is 3. The van der Waals surface area contributed by atoms with E-state index in [0.717, 1.165) is 35.2 Å². The van der Waals surface area contributed by atoms with E-state index < -0.39 is 0 Å². The average Bonchev–Trinajstić information content (AvgIpc) is 3.12. The zero-order valence-electron chi connectivity index (χ0n) is 15.1. The topological polar surface area (TPSA) is 38.1 Å². The summed E-state index contributed by atoms with van der Waals surface area (Å²) in [6.07, 6.45) is 1.97. The summed E-state index contributed by atoms with van der Waals surface area (Å²) >= 11 is 0. The maximum absolute atomic E-state index is 5.99. The molecule has 0 amide bonds. The average molecular weight is 342 g/mol. The first-order chi connectivity index (χ1) is 12.8. The fourth-order valence-corrected chi connectivity index (χ4v) is 3.30. The summed E-state index contributed by atoms with van der Waals surface area (Å²) in [5.74, 6) is 0.640. The van der Waals surface area contributed by atoms with E-state index in [9.17, 15) is 0 Å². The molecule has 1 heterocycles. The zero-order valence-corrected chi connectivity index (χ0v) is 15.1. The van der Waals surface area contributed by atoms with Crippen LogP contribution in [0.1, 0.15) is 25.0 Å². The molecule has 0 bridgehead atoms. The predicted octanol–water partition coefficient (Wildman–Crippen LogP) is 6.36. The Hall–Kier alpha value is -3.07. The molecule has 4 aromatic rings. The van der Waals surface area contributed by atoms with E-state index in [4.69, 9.17) is 4.42 Å². The Bertz CT molecular complexity index is 994. The molecule has 4 rings (SSSR count).